The molecule has 0 aromatic heterocycles. The summed E-state index contributed by atoms with van der Waals surface area (Å²) in [5, 5.41) is 0. The van der Waals surface area contributed by atoms with E-state index in [1.807, 2.05) is 6.07 Å². The van der Waals surface area contributed by atoms with E-state index in [1.165, 1.54) is 11.6 Å². The van der Waals surface area contributed by atoms with Gasteiger partial charge in [-0.3, -0.25) is 0 Å². The third-order valence-corrected chi connectivity index (χ3v) is 5.04. The van der Waals surface area contributed by atoms with Gasteiger partial charge in [0, 0.05) is 11.6 Å². The highest BCUT2D eigenvalue weighted by atomic mass is 127. The van der Waals surface area contributed by atoms with Gasteiger partial charge in [0.25, 0.3) is 0 Å². The van der Waals surface area contributed by atoms with Gasteiger partial charge in [-0.25, -0.2) is 0 Å². The Kier molecular flexibility index (Phi) is 3.23. The van der Waals surface area contributed by atoms with Crippen LogP contribution in [0.25, 0.3) is 0 Å². The number of hydrogen-bond donors (Lipinski definition) is 0. The predicted molar refractivity (Wildman–Crippen MR) is 59.6 cm³/mol. The Morgan fingerprint density at radius 2 is 1.56 bits per heavy atom. The molecule has 0 amide bonds. The maximum Gasteiger partial charge on any atom is 0.0442 e. The zero-order valence-electron chi connectivity index (χ0n) is 4.37. The fourth-order valence-corrected chi connectivity index (χ4v) is 2.25. The molecule has 1 aromatic rings. The van der Waals surface area contributed by atoms with Gasteiger partial charge in [-0.15, -0.1) is 0 Å². The van der Waals surface area contributed by atoms with Crippen molar-refractivity contribution in [3.63, 3.8) is 0 Å². The molecular weight excluding hydrogens is 406 g/mol. The van der Waals surface area contributed by atoms with Gasteiger partial charge in [-0.1, -0.05) is 6.07 Å². The van der Waals surface area contributed by atoms with Crippen molar-refractivity contribution in [3.05, 3.63) is 29.8 Å². The molecule has 0 nitrogen and oxygen atoms in total. The Morgan fingerprint density at radius 1 is 1.11 bits per heavy atom. The second kappa shape index (κ2) is 3.52. The third kappa shape index (κ3) is 2.04. The van der Waals surface area contributed by atoms with Gasteiger partial charge < -0.3 is 0 Å². The molecule has 0 aliphatic heterocycles. The minimum Gasteiger partial charge on any atom is -0.0601 e. The minimum atomic E-state index is 1.20. The van der Waals surface area contributed by atoms with Crippen LogP contribution in [0, 0.1) is 7.14 Å². The van der Waals surface area contributed by atoms with E-state index in [0.717, 1.165) is 0 Å². The molecule has 0 saturated carbocycles. The lowest BCUT2D eigenvalue weighted by atomic mass is 10.4. The molecule has 48 valence electrons. The van der Waals surface area contributed by atoms with Crippen LogP contribution in [0.5, 0.6) is 0 Å². The Balaban J connectivity index is 3.25. The molecule has 0 heterocycles. The lowest BCUT2D eigenvalue weighted by Gasteiger charge is -1.95. The first-order valence-corrected chi connectivity index (χ1v) is 5.26. The van der Waals surface area contributed by atoms with Crippen LogP contribution in [-0.2, 0) is 0 Å². The third-order valence-electron chi connectivity index (χ3n) is 0.904. The molecule has 9 heavy (non-hydrogen) atoms. The van der Waals surface area contributed by atoms with E-state index in [4.69, 9.17) is 0 Å². The van der Waals surface area contributed by atoms with E-state index >= 15 is 0 Å². The van der Waals surface area contributed by atoms with E-state index in [1.54, 1.807) is 0 Å². The number of halogens is 3. The Morgan fingerprint density at radius 3 is 1.89 bits per heavy atom. The van der Waals surface area contributed by atoms with Crippen molar-refractivity contribution in [2.45, 2.75) is 0 Å². The Labute approximate surface area is 89.8 Å². The van der Waals surface area contributed by atoms with Crippen LogP contribution in [0.15, 0.2) is 22.7 Å². The summed E-state index contributed by atoms with van der Waals surface area (Å²) < 4.78 is 3.73. The molecule has 0 radical (unpaired) electrons. The smallest absolute Gasteiger partial charge is 0.0442 e. The predicted octanol–water partition coefficient (Wildman–Crippen LogP) is 3.66. The molecule has 0 N–H and O–H groups in total. The number of hydrogen-bond acceptors (Lipinski definition) is 0. The zero-order chi connectivity index (χ0) is 6.85. The molecule has 0 bridgehead atoms. The monoisotopic (exact) mass is 408 g/mol. The highest BCUT2D eigenvalue weighted by Crippen LogP contribution is 2.23. The average molecular weight is 409 g/mol. The lowest BCUT2D eigenvalue weighted by Crippen LogP contribution is -1.76. The van der Waals surface area contributed by atoms with Crippen LogP contribution in [0.4, 0.5) is 0 Å². The molecule has 0 aliphatic carbocycles. The van der Waals surface area contributed by atoms with Crippen molar-refractivity contribution in [1.29, 1.82) is 0 Å². The van der Waals surface area contributed by atoms with Crippen molar-refractivity contribution >= 4 is 61.1 Å². The van der Waals surface area contributed by atoms with E-state index in [9.17, 15) is 0 Å². The molecule has 0 fully saturated rings. The van der Waals surface area contributed by atoms with Crippen LogP contribution in [0.2, 0.25) is 0 Å². The quantitative estimate of drug-likeness (QED) is 0.454. The first-order chi connectivity index (χ1) is 4.22. The fraction of sp³-hybridized carbons (Fsp3) is 0. The van der Waals surface area contributed by atoms with Crippen LogP contribution in [0.3, 0.4) is 0 Å². The van der Waals surface area contributed by atoms with E-state index in [2.05, 4.69) is 73.2 Å². The van der Waals surface area contributed by atoms with Crippen LogP contribution < -0.4 is 0 Å². The zero-order valence-corrected chi connectivity index (χ0v) is 10.3. The van der Waals surface area contributed by atoms with Crippen molar-refractivity contribution < 1.29 is 0 Å². The van der Waals surface area contributed by atoms with Crippen LogP contribution in [0.1, 0.15) is 0 Å². The first-order valence-electron chi connectivity index (χ1n) is 2.31. The lowest BCUT2D eigenvalue weighted by molar-refractivity contribution is 1.53. The number of benzene rings is 1. The molecular formula is C6H3BrI2. The summed E-state index contributed by atoms with van der Waals surface area (Å²) in [4.78, 5) is 0. The van der Waals surface area contributed by atoms with Gasteiger partial charge in [-0.05, 0) is 73.2 Å². The second-order valence-electron chi connectivity index (χ2n) is 1.54. The van der Waals surface area contributed by atoms with Gasteiger partial charge in [0.1, 0.15) is 0 Å². The van der Waals surface area contributed by atoms with Gasteiger partial charge in [-0.2, -0.15) is 0 Å². The summed E-state index contributed by atoms with van der Waals surface area (Å²) in [6.07, 6.45) is 0. The summed E-state index contributed by atoms with van der Waals surface area (Å²) in [6.45, 7) is 0. The van der Waals surface area contributed by atoms with Crippen molar-refractivity contribution in [2.75, 3.05) is 0 Å². The summed E-state index contributed by atoms with van der Waals surface area (Å²) in [5.74, 6) is 0. The maximum absolute atomic E-state index is 3.46. The second-order valence-corrected chi connectivity index (χ2v) is 4.65. The average Bonchev–Trinajstić information content (AvgIpc) is 1.83. The standard InChI is InChI=1S/C6H3BrI2/c7-6-4(8)2-1-3-5(6)9/h1-3H. The highest BCUT2D eigenvalue weighted by molar-refractivity contribution is 14.1. The minimum absolute atomic E-state index is 1.20. The van der Waals surface area contributed by atoms with Crippen molar-refractivity contribution in [2.24, 2.45) is 0 Å². The highest BCUT2D eigenvalue weighted by Gasteiger charge is 1.97. The van der Waals surface area contributed by atoms with Crippen LogP contribution in [-0.4, -0.2) is 0 Å². The van der Waals surface area contributed by atoms with Gasteiger partial charge >= 0.3 is 0 Å². The topological polar surface area (TPSA) is 0 Å². The summed E-state index contributed by atoms with van der Waals surface area (Å²) in [7, 11) is 0. The van der Waals surface area contributed by atoms with Gasteiger partial charge in [0.2, 0.25) is 0 Å². The SMILES string of the molecule is Brc1c(I)cccc1I. The van der Waals surface area contributed by atoms with Gasteiger partial charge in [0.05, 0.1) is 0 Å². The molecule has 1 rings (SSSR count). The molecule has 0 spiro atoms. The molecule has 1 aromatic carbocycles. The Hall–Kier alpha value is 1.16. The maximum atomic E-state index is 3.46. The molecule has 0 atom stereocenters. The summed E-state index contributed by atoms with van der Waals surface area (Å²) >= 11 is 8.06. The Bertz CT molecular complexity index is 202. The summed E-state index contributed by atoms with van der Waals surface area (Å²) in [6, 6.07) is 6.20. The largest absolute Gasteiger partial charge is 0.0601 e. The number of rotatable bonds is 0. The molecule has 3 heteroatoms. The molecule has 0 aliphatic rings. The molecule has 0 unspecified atom stereocenters. The van der Waals surface area contributed by atoms with E-state index in [-0.39, 0.29) is 0 Å². The molecule has 0 saturated heterocycles. The van der Waals surface area contributed by atoms with Gasteiger partial charge in [0.15, 0.2) is 0 Å². The van der Waals surface area contributed by atoms with Crippen LogP contribution >= 0.6 is 61.1 Å². The van der Waals surface area contributed by atoms with E-state index < -0.39 is 0 Å². The fourth-order valence-electron chi connectivity index (χ4n) is 0.477. The van der Waals surface area contributed by atoms with E-state index in [0.29, 0.717) is 0 Å². The first kappa shape index (κ1) is 8.26. The summed E-state index contributed by atoms with van der Waals surface area (Å²) in [5.41, 5.74) is 0. The van der Waals surface area contributed by atoms with Crippen molar-refractivity contribution in [3.8, 4) is 0 Å². The van der Waals surface area contributed by atoms with Crippen molar-refractivity contribution in [1.82, 2.24) is 0 Å². The normalized spacial score (nSPS) is 9.67.